The van der Waals surface area contributed by atoms with Gasteiger partial charge in [-0.3, -0.25) is 0 Å². The van der Waals surface area contributed by atoms with Gasteiger partial charge in [0.25, 0.3) is 0 Å². The quantitative estimate of drug-likeness (QED) is 0.160. The second-order valence-corrected chi connectivity index (χ2v) is 23.8. The summed E-state index contributed by atoms with van der Waals surface area (Å²) >= 11 is 0. The highest BCUT2D eigenvalue weighted by Gasteiger charge is 2.27. The molecule has 0 aliphatic heterocycles. The lowest BCUT2D eigenvalue weighted by atomic mass is 9.77. The van der Waals surface area contributed by atoms with Crippen LogP contribution >= 0.6 is 0 Å². The Morgan fingerprint density at radius 1 is 0.261 bits per heavy atom. The van der Waals surface area contributed by atoms with E-state index < -0.39 is 0 Å². The second-order valence-electron chi connectivity index (χ2n) is 23.8. The van der Waals surface area contributed by atoms with Crippen LogP contribution in [0.2, 0.25) is 0 Å². The average Bonchev–Trinajstić information content (AvgIpc) is 3.69. The van der Waals surface area contributed by atoms with Crippen molar-refractivity contribution < 1.29 is 4.42 Å². The Balaban J connectivity index is 1.18. The first-order chi connectivity index (χ1) is 32.8. The molecule has 0 saturated carbocycles. The Morgan fingerprint density at radius 3 is 0.942 bits per heavy atom. The smallest absolute Gasteiger partial charge is 0.136 e. The molecule has 0 fully saturated rings. The third kappa shape index (κ3) is 7.53. The molecule has 0 bridgehead atoms. The van der Waals surface area contributed by atoms with Crippen LogP contribution in [0.3, 0.4) is 0 Å². The SMILES string of the molecule is CC(C)(C)c1cc(-c2c3ccccc3c(-c3ccc4oc5cccc(-c6c7ccccc7c(-c7cc(C(C)(C)C)cc(C(C)(C)C)c7)c7ccccc67)c5c4c3)c3ccccc23)cc(C(C)(C)C)c1. The van der Waals surface area contributed by atoms with Crippen LogP contribution in [0.5, 0.6) is 0 Å². The molecule has 1 heterocycles. The van der Waals surface area contributed by atoms with Crippen LogP contribution in [0.15, 0.2) is 174 Å². The summed E-state index contributed by atoms with van der Waals surface area (Å²) in [6, 6.07) is 64.3. The number of hydrogen-bond acceptors (Lipinski definition) is 1. The molecule has 69 heavy (non-hydrogen) atoms. The molecule has 0 unspecified atom stereocenters. The minimum atomic E-state index is -0.00673. The Bertz CT molecular complexity index is 3680. The molecule has 11 rings (SSSR count). The van der Waals surface area contributed by atoms with Crippen molar-refractivity contribution in [2.45, 2.75) is 105 Å². The molecule has 0 aliphatic rings. The van der Waals surface area contributed by atoms with E-state index in [0.29, 0.717) is 0 Å². The second kappa shape index (κ2) is 15.8. The summed E-state index contributed by atoms with van der Waals surface area (Å²) in [5.74, 6) is 0. The Kier molecular flexibility index (Phi) is 10.2. The van der Waals surface area contributed by atoms with Crippen LogP contribution < -0.4 is 0 Å². The van der Waals surface area contributed by atoms with Gasteiger partial charge in [-0.1, -0.05) is 235 Å². The largest absolute Gasteiger partial charge is 0.456 e. The fourth-order valence-corrected chi connectivity index (χ4v) is 10.9. The van der Waals surface area contributed by atoms with E-state index in [0.717, 1.165) is 21.9 Å². The van der Waals surface area contributed by atoms with E-state index in [1.807, 2.05) is 0 Å². The van der Waals surface area contributed by atoms with Crippen molar-refractivity contribution in [3.8, 4) is 44.5 Å². The number of benzene rings is 10. The van der Waals surface area contributed by atoms with Crippen LogP contribution in [0, 0.1) is 0 Å². The van der Waals surface area contributed by atoms with Gasteiger partial charge < -0.3 is 4.42 Å². The maximum absolute atomic E-state index is 6.84. The Labute approximate surface area is 408 Å². The average molecular weight is 897 g/mol. The normalized spacial score (nSPS) is 12.9. The lowest BCUT2D eigenvalue weighted by Gasteiger charge is -2.27. The number of hydrogen-bond donors (Lipinski definition) is 0. The van der Waals surface area contributed by atoms with E-state index in [4.69, 9.17) is 4.42 Å². The first-order valence-electron chi connectivity index (χ1n) is 24.9. The van der Waals surface area contributed by atoms with E-state index in [1.54, 1.807) is 0 Å². The molecule has 0 amide bonds. The fourth-order valence-electron chi connectivity index (χ4n) is 10.9. The van der Waals surface area contributed by atoms with Gasteiger partial charge in [-0.15, -0.1) is 0 Å². The maximum atomic E-state index is 6.84. The minimum absolute atomic E-state index is 0.00198. The third-order valence-corrected chi connectivity index (χ3v) is 14.8. The fraction of sp³-hybridized carbons (Fsp3) is 0.235. The molecule has 1 aromatic heterocycles. The standard InChI is InChI=1S/C68H64O/c1-65(2,3)44-34-42(35-45(39-44)66(4,5)6)61-50-24-15-13-22-48(50)60(49-23-14-16-25-51(49)61)41-32-33-58-57(38-41)64-56(30-21-31-59(64)69-58)63-54-28-19-17-26-52(54)62(53-27-18-20-29-55(53)63)43-36-46(67(7,8)9)40-47(37-43)68(10,11)12/h13-40H,1-12H3. The van der Waals surface area contributed by atoms with Gasteiger partial charge in [0.05, 0.1) is 0 Å². The molecule has 1 nitrogen and oxygen atoms in total. The van der Waals surface area contributed by atoms with Gasteiger partial charge in [0.2, 0.25) is 0 Å². The van der Waals surface area contributed by atoms with Gasteiger partial charge in [-0.25, -0.2) is 0 Å². The highest BCUT2D eigenvalue weighted by atomic mass is 16.3. The topological polar surface area (TPSA) is 13.1 Å². The van der Waals surface area contributed by atoms with Crippen LogP contribution in [0.25, 0.3) is 110 Å². The molecule has 342 valence electrons. The van der Waals surface area contributed by atoms with E-state index in [-0.39, 0.29) is 21.7 Å². The first-order valence-corrected chi connectivity index (χ1v) is 24.9. The summed E-state index contributed by atoms with van der Waals surface area (Å²) in [5.41, 5.74) is 17.1. The molecule has 11 aromatic rings. The predicted molar refractivity (Wildman–Crippen MR) is 300 cm³/mol. The lowest BCUT2D eigenvalue weighted by molar-refractivity contribution is 0.568. The van der Waals surface area contributed by atoms with Gasteiger partial charge in [0.15, 0.2) is 0 Å². The van der Waals surface area contributed by atoms with E-state index in [2.05, 4.69) is 253 Å². The summed E-state index contributed by atoms with van der Waals surface area (Å²) in [5, 5.41) is 12.2. The first kappa shape index (κ1) is 44.5. The van der Waals surface area contributed by atoms with Gasteiger partial charge in [0.1, 0.15) is 11.2 Å². The third-order valence-electron chi connectivity index (χ3n) is 14.8. The van der Waals surface area contributed by atoms with Gasteiger partial charge in [-0.2, -0.15) is 0 Å². The van der Waals surface area contributed by atoms with Crippen molar-refractivity contribution in [1.29, 1.82) is 0 Å². The van der Waals surface area contributed by atoms with Crippen molar-refractivity contribution in [2.24, 2.45) is 0 Å². The summed E-state index contributed by atoms with van der Waals surface area (Å²) in [7, 11) is 0. The summed E-state index contributed by atoms with van der Waals surface area (Å²) in [4.78, 5) is 0. The minimum Gasteiger partial charge on any atom is -0.456 e. The van der Waals surface area contributed by atoms with Gasteiger partial charge in [0, 0.05) is 10.8 Å². The molecule has 0 atom stereocenters. The molecule has 0 radical (unpaired) electrons. The zero-order valence-corrected chi connectivity index (χ0v) is 42.6. The summed E-state index contributed by atoms with van der Waals surface area (Å²) < 4.78 is 6.84. The Morgan fingerprint density at radius 2 is 0.594 bits per heavy atom. The monoisotopic (exact) mass is 896 g/mol. The highest BCUT2D eigenvalue weighted by Crippen LogP contribution is 2.50. The molecule has 0 saturated heterocycles. The molecule has 0 N–H and O–H groups in total. The van der Waals surface area contributed by atoms with E-state index in [1.165, 1.54) is 110 Å². The number of fused-ring (bicyclic) bond motifs is 7. The van der Waals surface area contributed by atoms with Crippen molar-refractivity contribution in [2.75, 3.05) is 0 Å². The molecule has 0 aliphatic carbocycles. The maximum Gasteiger partial charge on any atom is 0.136 e. The number of rotatable bonds is 4. The van der Waals surface area contributed by atoms with E-state index in [9.17, 15) is 0 Å². The molecular weight excluding hydrogens is 833 g/mol. The lowest BCUT2D eigenvalue weighted by Crippen LogP contribution is -2.16. The van der Waals surface area contributed by atoms with Crippen LogP contribution in [-0.2, 0) is 21.7 Å². The predicted octanol–water partition coefficient (Wildman–Crippen LogP) is 20.1. The van der Waals surface area contributed by atoms with Crippen molar-refractivity contribution in [3.63, 3.8) is 0 Å². The summed E-state index contributed by atoms with van der Waals surface area (Å²) in [6.45, 7) is 27.9. The Hall–Kier alpha value is -6.96. The van der Waals surface area contributed by atoms with Gasteiger partial charge in [-0.05, 0) is 150 Å². The van der Waals surface area contributed by atoms with E-state index >= 15 is 0 Å². The molecule has 0 spiro atoms. The molecular formula is C68H64O. The van der Waals surface area contributed by atoms with Crippen LogP contribution in [-0.4, -0.2) is 0 Å². The van der Waals surface area contributed by atoms with Crippen molar-refractivity contribution >= 4 is 65.0 Å². The summed E-state index contributed by atoms with van der Waals surface area (Å²) in [6.07, 6.45) is 0. The highest BCUT2D eigenvalue weighted by molar-refractivity contribution is 6.27. The number of furan rings is 1. The van der Waals surface area contributed by atoms with Crippen molar-refractivity contribution in [3.05, 3.63) is 192 Å². The zero-order chi connectivity index (χ0) is 48.4. The van der Waals surface area contributed by atoms with Crippen LogP contribution in [0.4, 0.5) is 0 Å². The van der Waals surface area contributed by atoms with Crippen LogP contribution in [0.1, 0.15) is 105 Å². The van der Waals surface area contributed by atoms with Gasteiger partial charge >= 0.3 is 0 Å². The van der Waals surface area contributed by atoms with Crippen molar-refractivity contribution in [1.82, 2.24) is 0 Å². The zero-order valence-electron chi connectivity index (χ0n) is 42.6. The molecule has 1 heteroatoms. The molecule has 10 aromatic carbocycles.